The Morgan fingerprint density at radius 3 is 2.44 bits per heavy atom. The number of alkyl halides is 3. The van der Waals surface area contributed by atoms with Gasteiger partial charge in [0.15, 0.2) is 6.61 Å². The van der Waals surface area contributed by atoms with Crippen LogP contribution < -0.4 is 10.1 Å². The van der Waals surface area contributed by atoms with Crippen LogP contribution in [-0.2, 0) is 5.41 Å². The zero-order valence-electron chi connectivity index (χ0n) is 15.9. The molecule has 0 aliphatic heterocycles. The van der Waals surface area contributed by atoms with E-state index in [2.05, 4.69) is 15.0 Å². The van der Waals surface area contributed by atoms with Crippen LogP contribution in [-0.4, -0.2) is 23.7 Å². The number of aromatic nitrogens is 1. The predicted octanol–water partition coefficient (Wildman–Crippen LogP) is 4.71. The highest BCUT2D eigenvalue weighted by Gasteiger charge is 2.28. The number of nitrogens with zero attached hydrogens (tertiary/aromatic N) is 1. The van der Waals surface area contributed by atoms with E-state index in [1.54, 1.807) is 19.9 Å². The highest BCUT2D eigenvalue weighted by molar-refractivity contribution is 5.95. The molecule has 0 saturated heterocycles. The van der Waals surface area contributed by atoms with Crippen LogP contribution in [0.5, 0.6) is 5.75 Å². The van der Waals surface area contributed by atoms with Crippen molar-refractivity contribution in [1.82, 2.24) is 10.3 Å². The lowest BCUT2D eigenvalue weighted by Gasteiger charge is -2.14. The number of rotatable bonds is 5. The van der Waals surface area contributed by atoms with Gasteiger partial charge in [-0.1, -0.05) is 20.8 Å². The van der Waals surface area contributed by atoms with Gasteiger partial charge >= 0.3 is 6.18 Å². The maximum atomic E-state index is 12.5. The normalized spacial score (nSPS) is 13.3. The van der Waals surface area contributed by atoms with Gasteiger partial charge in [0.25, 0.3) is 5.91 Å². The van der Waals surface area contributed by atoms with E-state index >= 15 is 0 Å². The molecular weight excluding hydrogens is 361 g/mol. The van der Waals surface area contributed by atoms with Gasteiger partial charge in [-0.2, -0.15) is 13.2 Å². The van der Waals surface area contributed by atoms with Crippen molar-refractivity contribution in [2.45, 2.75) is 52.3 Å². The molecule has 2 heterocycles. The van der Waals surface area contributed by atoms with Crippen molar-refractivity contribution in [3.8, 4) is 5.75 Å². The summed E-state index contributed by atoms with van der Waals surface area (Å²) in [7, 11) is 0. The molecule has 2 rings (SSSR count). The van der Waals surface area contributed by atoms with Crippen LogP contribution in [0.4, 0.5) is 13.2 Å². The first-order valence-corrected chi connectivity index (χ1v) is 8.44. The Bertz CT molecular complexity index is 790. The first-order chi connectivity index (χ1) is 12.4. The molecule has 0 aliphatic carbocycles. The minimum absolute atomic E-state index is 0.00935. The van der Waals surface area contributed by atoms with Gasteiger partial charge < -0.3 is 14.5 Å². The van der Waals surface area contributed by atoms with Gasteiger partial charge in [-0.05, 0) is 32.0 Å². The van der Waals surface area contributed by atoms with E-state index in [1.165, 1.54) is 18.3 Å². The molecule has 0 fully saturated rings. The molecule has 27 heavy (non-hydrogen) atoms. The third-order valence-electron chi connectivity index (χ3n) is 3.85. The summed E-state index contributed by atoms with van der Waals surface area (Å²) in [6.45, 7) is 8.04. The molecule has 0 saturated carbocycles. The van der Waals surface area contributed by atoms with E-state index in [-0.39, 0.29) is 17.1 Å². The molecule has 1 atom stereocenters. The second-order valence-corrected chi connectivity index (χ2v) is 7.35. The number of carbonyl (C=O) groups excluding carboxylic acids is 1. The first kappa shape index (κ1) is 20.8. The Morgan fingerprint density at radius 2 is 1.96 bits per heavy atom. The minimum Gasteiger partial charge on any atom is -0.483 e. The number of nitrogens with one attached hydrogen (secondary N) is 1. The summed E-state index contributed by atoms with van der Waals surface area (Å²) in [5, 5.41) is 2.81. The molecule has 8 heteroatoms. The Morgan fingerprint density at radius 1 is 1.30 bits per heavy atom. The van der Waals surface area contributed by atoms with Gasteiger partial charge in [0.2, 0.25) is 0 Å². The smallest absolute Gasteiger partial charge is 0.422 e. The van der Waals surface area contributed by atoms with Gasteiger partial charge in [0.05, 0.1) is 23.5 Å². The Balaban J connectivity index is 2.03. The van der Waals surface area contributed by atoms with E-state index in [9.17, 15) is 18.0 Å². The van der Waals surface area contributed by atoms with E-state index in [0.717, 1.165) is 0 Å². The highest BCUT2D eigenvalue weighted by Crippen LogP contribution is 2.27. The summed E-state index contributed by atoms with van der Waals surface area (Å²) in [4.78, 5) is 16.6. The summed E-state index contributed by atoms with van der Waals surface area (Å²) >= 11 is 0. The number of pyridine rings is 1. The predicted molar refractivity (Wildman–Crippen MR) is 93.8 cm³/mol. The molecule has 0 spiro atoms. The summed E-state index contributed by atoms with van der Waals surface area (Å²) in [6.07, 6.45) is -3.21. The fourth-order valence-electron chi connectivity index (χ4n) is 2.32. The average Bonchev–Trinajstić information content (AvgIpc) is 2.95. The molecule has 0 aliphatic rings. The van der Waals surface area contributed by atoms with Crippen LogP contribution in [0.2, 0.25) is 0 Å². The maximum Gasteiger partial charge on any atom is 0.422 e. The second kappa shape index (κ2) is 7.62. The van der Waals surface area contributed by atoms with E-state index in [4.69, 9.17) is 4.42 Å². The van der Waals surface area contributed by atoms with Crippen molar-refractivity contribution in [3.63, 3.8) is 0 Å². The number of hydrogen-bond donors (Lipinski definition) is 1. The number of ether oxygens (including phenoxy) is 1. The Kier molecular flexibility index (Phi) is 5.87. The zero-order valence-corrected chi connectivity index (χ0v) is 15.9. The summed E-state index contributed by atoms with van der Waals surface area (Å²) in [5.41, 5.74) is 0.722. The first-order valence-electron chi connectivity index (χ1n) is 8.44. The van der Waals surface area contributed by atoms with Crippen LogP contribution in [0.25, 0.3) is 0 Å². The number of furan rings is 1. The lowest BCUT2D eigenvalue weighted by Crippen LogP contribution is -2.27. The van der Waals surface area contributed by atoms with Gasteiger partial charge in [0, 0.05) is 5.41 Å². The van der Waals surface area contributed by atoms with Gasteiger partial charge in [-0.3, -0.25) is 9.78 Å². The van der Waals surface area contributed by atoms with Crippen molar-refractivity contribution < 1.29 is 27.1 Å². The monoisotopic (exact) mass is 384 g/mol. The number of carbonyl (C=O) groups is 1. The number of halogens is 3. The maximum absolute atomic E-state index is 12.5. The van der Waals surface area contributed by atoms with Gasteiger partial charge in [0.1, 0.15) is 17.3 Å². The number of hydrogen-bond acceptors (Lipinski definition) is 4. The third-order valence-corrected chi connectivity index (χ3v) is 3.85. The molecule has 1 unspecified atom stereocenters. The van der Waals surface area contributed by atoms with E-state index in [0.29, 0.717) is 22.8 Å². The summed E-state index contributed by atoms with van der Waals surface area (Å²) < 4.78 is 46.8. The van der Waals surface area contributed by atoms with Crippen LogP contribution in [0.3, 0.4) is 0 Å². The van der Waals surface area contributed by atoms with E-state index in [1.807, 2.05) is 20.8 Å². The third kappa shape index (κ3) is 5.74. The number of aryl methyl sites for hydroxylation is 1. The standard InChI is InChI=1S/C19H23F3N2O3/c1-11(15-7-6-13(9-23-15)26-10-19(20,21)22)24-17(25)14-8-16(18(3,4)5)27-12(14)2/h6-9,11H,10H2,1-5H3,(H,24,25). The van der Waals surface area contributed by atoms with Crippen LogP contribution in [0, 0.1) is 6.92 Å². The Hall–Kier alpha value is -2.51. The quantitative estimate of drug-likeness (QED) is 0.811. The lowest BCUT2D eigenvalue weighted by atomic mass is 9.93. The molecule has 1 N–H and O–H groups in total. The molecule has 148 valence electrons. The fourth-order valence-corrected chi connectivity index (χ4v) is 2.32. The molecule has 0 bridgehead atoms. The van der Waals surface area contributed by atoms with Crippen LogP contribution in [0.1, 0.15) is 61.3 Å². The van der Waals surface area contributed by atoms with Gasteiger partial charge in [-0.25, -0.2) is 0 Å². The fraction of sp³-hybridized carbons (Fsp3) is 0.474. The van der Waals surface area contributed by atoms with Crippen LogP contribution in [0.15, 0.2) is 28.8 Å². The lowest BCUT2D eigenvalue weighted by molar-refractivity contribution is -0.153. The van der Waals surface area contributed by atoms with Gasteiger partial charge in [-0.15, -0.1) is 0 Å². The molecule has 1 amide bonds. The Labute approximate surface area is 155 Å². The average molecular weight is 384 g/mol. The SMILES string of the molecule is Cc1oc(C(C)(C)C)cc1C(=O)NC(C)c1ccc(OCC(F)(F)F)cn1. The molecular formula is C19H23F3N2O3. The molecule has 0 radical (unpaired) electrons. The van der Waals surface area contributed by atoms with Crippen molar-refractivity contribution in [1.29, 1.82) is 0 Å². The largest absolute Gasteiger partial charge is 0.483 e. The van der Waals surface area contributed by atoms with Crippen molar-refractivity contribution in [3.05, 3.63) is 47.2 Å². The van der Waals surface area contributed by atoms with Crippen LogP contribution >= 0.6 is 0 Å². The zero-order chi connectivity index (χ0) is 20.4. The summed E-state index contributed by atoms with van der Waals surface area (Å²) in [5.74, 6) is 0.934. The second-order valence-electron chi connectivity index (χ2n) is 7.35. The molecule has 2 aromatic heterocycles. The highest BCUT2D eigenvalue weighted by atomic mass is 19.4. The van der Waals surface area contributed by atoms with Crippen molar-refractivity contribution >= 4 is 5.91 Å². The molecule has 0 aromatic carbocycles. The van der Waals surface area contributed by atoms with Crippen molar-refractivity contribution in [2.24, 2.45) is 0 Å². The summed E-state index contributed by atoms with van der Waals surface area (Å²) in [6, 6.07) is 4.18. The molecule has 2 aromatic rings. The molecule has 5 nitrogen and oxygen atoms in total. The van der Waals surface area contributed by atoms with E-state index < -0.39 is 18.8 Å². The van der Waals surface area contributed by atoms with Crippen molar-refractivity contribution in [2.75, 3.05) is 6.61 Å². The minimum atomic E-state index is -4.41. The number of amides is 1. The topological polar surface area (TPSA) is 64.4 Å².